The summed E-state index contributed by atoms with van der Waals surface area (Å²) in [6.45, 7) is 0.361. The first kappa shape index (κ1) is 19.7. The number of nitrogens with zero attached hydrogens (tertiary/aromatic N) is 2. The summed E-state index contributed by atoms with van der Waals surface area (Å²) >= 11 is 0. The molecule has 1 N–H and O–H groups in total. The number of nitro benzene ring substituents is 1. The molecule has 0 saturated heterocycles. The molecule has 4 rings (SSSR count). The minimum atomic E-state index is -0.562. The minimum absolute atomic E-state index is 0.0633. The number of hydrogen-bond acceptors (Lipinski definition) is 7. The molecule has 0 spiro atoms. The summed E-state index contributed by atoms with van der Waals surface area (Å²) < 4.78 is 16.2. The number of ether oxygens (including phenoxy) is 2. The summed E-state index contributed by atoms with van der Waals surface area (Å²) in [4.78, 5) is 22.9. The fourth-order valence-corrected chi connectivity index (χ4v) is 2.98. The van der Waals surface area contributed by atoms with Gasteiger partial charge in [0.15, 0.2) is 11.5 Å². The first-order valence-corrected chi connectivity index (χ1v) is 9.16. The molecule has 9 nitrogen and oxygen atoms in total. The Labute approximate surface area is 176 Å². The maximum Gasteiger partial charge on any atom is 0.270 e. The van der Waals surface area contributed by atoms with Crippen molar-refractivity contribution in [2.75, 3.05) is 6.79 Å². The van der Waals surface area contributed by atoms with Crippen LogP contribution in [-0.2, 0) is 11.3 Å². The van der Waals surface area contributed by atoms with Gasteiger partial charge >= 0.3 is 0 Å². The molecule has 9 heteroatoms. The van der Waals surface area contributed by atoms with Crippen molar-refractivity contribution in [3.8, 4) is 28.9 Å². The average molecular weight is 417 g/mol. The van der Waals surface area contributed by atoms with E-state index in [1.54, 1.807) is 42.5 Å². The number of furan rings is 1. The lowest BCUT2D eigenvalue weighted by Gasteiger charge is -2.05. The molecule has 0 unspecified atom stereocenters. The highest BCUT2D eigenvalue weighted by Crippen LogP contribution is 2.32. The van der Waals surface area contributed by atoms with E-state index in [-0.39, 0.29) is 30.4 Å². The van der Waals surface area contributed by atoms with E-state index < -0.39 is 10.8 Å². The summed E-state index contributed by atoms with van der Waals surface area (Å²) in [7, 11) is 0. The van der Waals surface area contributed by atoms with Gasteiger partial charge in [-0.25, -0.2) is 0 Å². The molecule has 1 aliphatic heterocycles. The van der Waals surface area contributed by atoms with Crippen molar-refractivity contribution in [3.05, 3.63) is 81.6 Å². The number of rotatable bonds is 6. The second kappa shape index (κ2) is 8.42. The van der Waals surface area contributed by atoms with E-state index in [1.165, 1.54) is 18.2 Å². The molecule has 0 atom stereocenters. The standard InChI is InChI=1S/C22H15N3O6/c23-11-16(22(26)24-12-14-4-6-20-21(8-14)30-13-29-20)10-18-5-7-19(31-18)15-2-1-3-17(9-15)25(27)28/h1-10H,12-13H2,(H,24,26)/b16-10+. The van der Waals surface area contributed by atoms with Crippen LogP contribution in [0, 0.1) is 21.4 Å². The van der Waals surface area contributed by atoms with Crippen molar-refractivity contribution >= 4 is 17.7 Å². The van der Waals surface area contributed by atoms with Gasteiger partial charge in [-0.05, 0) is 29.8 Å². The highest BCUT2D eigenvalue weighted by molar-refractivity contribution is 6.01. The lowest BCUT2D eigenvalue weighted by molar-refractivity contribution is -0.384. The molecule has 31 heavy (non-hydrogen) atoms. The van der Waals surface area contributed by atoms with Crippen molar-refractivity contribution in [1.29, 1.82) is 5.26 Å². The third-order valence-electron chi connectivity index (χ3n) is 4.51. The maximum atomic E-state index is 12.4. The van der Waals surface area contributed by atoms with Gasteiger partial charge in [0.05, 0.1) is 4.92 Å². The molecule has 0 aliphatic carbocycles. The van der Waals surface area contributed by atoms with Crippen molar-refractivity contribution in [3.63, 3.8) is 0 Å². The number of hydrogen-bond donors (Lipinski definition) is 1. The van der Waals surface area contributed by atoms with Gasteiger partial charge in [0.2, 0.25) is 6.79 Å². The normalized spacial score (nSPS) is 12.3. The van der Waals surface area contributed by atoms with Crippen molar-refractivity contribution < 1.29 is 23.6 Å². The smallest absolute Gasteiger partial charge is 0.270 e. The Kier molecular flexibility index (Phi) is 5.36. The zero-order valence-electron chi connectivity index (χ0n) is 16.0. The minimum Gasteiger partial charge on any atom is -0.457 e. The molecule has 0 fully saturated rings. The van der Waals surface area contributed by atoms with E-state index >= 15 is 0 Å². The topological polar surface area (TPSA) is 128 Å². The number of non-ortho nitro benzene ring substituents is 1. The number of carbonyl (C=O) groups excluding carboxylic acids is 1. The van der Waals surface area contributed by atoms with Crippen LogP contribution in [0.3, 0.4) is 0 Å². The Morgan fingerprint density at radius 1 is 1.16 bits per heavy atom. The number of carbonyl (C=O) groups is 1. The zero-order chi connectivity index (χ0) is 21.8. The van der Waals surface area contributed by atoms with Gasteiger partial charge in [-0.3, -0.25) is 14.9 Å². The molecule has 154 valence electrons. The van der Waals surface area contributed by atoms with E-state index in [0.717, 1.165) is 5.56 Å². The predicted molar refractivity (Wildman–Crippen MR) is 109 cm³/mol. The van der Waals surface area contributed by atoms with Crippen LogP contribution in [0.4, 0.5) is 5.69 Å². The lowest BCUT2D eigenvalue weighted by Crippen LogP contribution is -2.23. The SMILES string of the molecule is N#C/C(=C\c1ccc(-c2cccc([N+](=O)[O-])c2)o1)C(=O)NCc1ccc2c(c1)OCO2. The third kappa shape index (κ3) is 4.38. The second-order valence-electron chi connectivity index (χ2n) is 6.55. The highest BCUT2D eigenvalue weighted by Gasteiger charge is 2.15. The number of nitro groups is 1. The van der Waals surface area contributed by atoms with E-state index in [0.29, 0.717) is 22.8 Å². The fraction of sp³-hybridized carbons (Fsp3) is 0.0909. The second-order valence-corrected chi connectivity index (χ2v) is 6.55. The van der Waals surface area contributed by atoms with Crippen molar-refractivity contribution in [1.82, 2.24) is 5.32 Å². The van der Waals surface area contributed by atoms with Crippen LogP contribution in [0.15, 0.2) is 64.6 Å². The lowest BCUT2D eigenvalue weighted by atomic mass is 10.1. The fourth-order valence-electron chi connectivity index (χ4n) is 2.98. The average Bonchev–Trinajstić information content (AvgIpc) is 3.45. The number of nitriles is 1. The third-order valence-corrected chi connectivity index (χ3v) is 4.51. The Bertz CT molecular complexity index is 1240. The van der Waals surface area contributed by atoms with Crippen LogP contribution in [0.25, 0.3) is 17.4 Å². The molecule has 1 amide bonds. The van der Waals surface area contributed by atoms with Gasteiger partial charge < -0.3 is 19.2 Å². The number of benzene rings is 2. The Morgan fingerprint density at radius 2 is 2.00 bits per heavy atom. The molecule has 0 bridgehead atoms. The first-order chi connectivity index (χ1) is 15.0. The van der Waals surface area contributed by atoms with Gasteiger partial charge in [0.25, 0.3) is 11.6 Å². The maximum absolute atomic E-state index is 12.4. The molecular formula is C22H15N3O6. The summed E-state index contributed by atoms with van der Waals surface area (Å²) in [5, 5.41) is 23.0. The molecule has 0 radical (unpaired) electrons. The van der Waals surface area contributed by atoms with Gasteiger partial charge in [0, 0.05) is 30.3 Å². The largest absolute Gasteiger partial charge is 0.457 e. The first-order valence-electron chi connectivity index (χ1n) is 9.16. The van der Waals surface area contributed by atoms with Gasteiger partial charge in [0.1, 0.15) is 23.2 Å². The Hall–Kier alpha value is -4.58. The molecule has 2 aromatic carbocycles. The number of fused-ring (bicyclic) bond motifs is 1. The van der Waals surface area contributed by atoms with Gasteiger partial charge in [-0.1, -0.05) is 18.2 Å². The van der Waals surface area contributed by atoms with Crippen molar-refractivity contribution in [2.45, 2.75) is 6.54 Å². The molecule has 1 aromatic heterocycles. The zero-order valence-corrected chi connectivity index (χ0v) is 16.0. The highest BCUT2D eigenvalue weighted by atomic mass is 16.7. The summed E-state index contributed by atoms with van der Waals surface area (Å²) in [6.07, 6.45) is 1.32. The van der Waals surface area contributed by atoms with E-state index in [1.807, 2.05) is 6.07 Å². The Balaban J connectivity index is 1.46. The quantitative estimate of drug-likeness (QED) is 0.279. The van der Waals surface area contributed by atoms with Crippen LogP contribution < -0.4 is 14.8 Å². The van der Waals surface area contributed by atoms with Crippen LogP contribution in [0.5, 0.6) is 11.5 Å². The Morgan fingerprint density at radius 3 is 2.81 bits per heavy atom. The molecule has 3 aromatic rings. The molecule has 0 saturated carbocycles. The van der Waals surface area contributed by atoms with Crippen LogP contribution in [-0.4, -0.2) is 17.6 Å². The van der Waals surface area contributed by atoms with E-state index in [4.69, 9.17) is 13.9 Å². The number of amides is 1. The molecule has 2 heterocycles. The number of nitrogens with one attached hydrogen (secondary N) is 1. The van der Waals surface area contributed by atoms with Crippen LogP contribution in [0.1, 0.15) is 11.3 Å². The van der Waals surface area contributed by atoms with Crippen molar-refractivity contribution in [2.24, 2.45) is 0 Å². The van der Waals surface area contributed by atoms with Crippen LogP contribution >= 0.6 is 0 Å². The predicted octanol–water partition coefficient (Wildman–Crippen LogP) is 3.81. The summed E-state index contributed by atoms with van der Waals surface area (Å²) in [5.74, 6) is 1.34. The summed E-state index contributed by atoms with van der Waals surface area (Å²) in [5.41, 5.74) is 1.10. The molecule has 1 aliphatic rings. The monoisotopic (exact) mass is 417 g/mol. The van der Waals surface area contributed by atoms with E-state index in [2.05, 4.69) is 5.32 Å². The molecular weight excluding hydrogens is 402 g/mol. The van der Waals surface area contributed by atoms with Gasteiger partial charge in [-0.15, -0.1) is 0 Å². The van der Waals surface area contributed by atoms with E-state index in [9.17, 15) is 20.2 Å². The van der Waals surface area contributed by atoms with Crippen LogP contribution in [0.2, 0.25) is 0 Å². The summed E-state index contributed by atoms with van der Waals surface area (Å²) in [6, 6.07) is 16.3. The van der Waals surface area contributed by atoms with Gasteiger partial charge in [-0.2, -0.15) is 5.26 Å².